The molecule has 0 aromatic carbocycles. The summed E-state index contributed by atoms with van der Waals surface area (Å²) in [6.45, 7) is 11.6. The SMILES string of the molecule is CCC(CC)(CC)NC(=O)CCC(CCN)C(C)C. The van der Waals surface area contributed by atoms with Crippen LogP contribution in [0, 0.1) is 11.8 Å². The molecule has 1 unspecified atom stereocenters. The van der Waals surface area contributed by atoms with Crippen LogP contribution in [0.4, 0.5) is 0 Å². The molecule has 0 aliphatic heterocycles. The second-order valence-corrected chi connectivity index (χ2v) is 6.01. The van der Waals surface area contributed by atoms with Gasteiger partial charge >= 0.3 is 0 Å². The Morgan fingerprint density at radius 2 is 1.63 bits per heavy atom. The Hall–Kier alpha value is -0.570. The van der Waals surface area contributed by atoms with Gasteiger partial charge in [-0.2, -0.15) is 0 Å². The van der Waals surface area contributed by atoms with E-state index >= 15 is 0 Å². The van der Waals surface area contributed by atoms with Gasteiger partial charge in [0.25, 0.3) is 0 Å². The normalized spacial score (nSPS) is 13.6. The second kappa shape index (κ2) is 9.35. The van der Waals surface area contributed by atoms with Crippen molar-refractivity contribution in [1.29, 1.82) is 0 Å². The van der Waals surface area contributed by atoms with E-state index < -0.39 is 0 Å². The maximum absolute atomic E-state index is 12.1. The summed E-state index contributed by atoms with van der Waals surface area (Å²) >= 11 is 0. The summed E-state index contributed by atoms with van der Waals surface area (Å²) in [5, 5.41) is 3.25. The van der Waals surface area contributed by atoms with Gasteiger partial charge in [-0.15, -0.1) is 0 Å². The zero-order valence-corrected chi connectivity index (χ0v) is 13.6. The minimum atomic E-state index is -0.00171. The van der Waals surface area contributed by atoms with Gasteiger partial charge < -0.3 is 11.1 Å². The highest BCUT2D eigenvalue weighted by Crippen LogP contribution is 2.22. The van der Waals surface area contributed by atoms with E-state index in [1.807, 2.05) is 0 Å². The van der Waals surface area contributed by atoms with Gasteiger partial charge in [0.15, 0.2) is 0 Å². The summed E-state index contributed by atoms with van der Waals surface area (Å²) < 4.78 is 0. The Morgan fingerprint density at radius 3 is 2.00 bits per heavy atom. The van der Waals surface area contributed by atoms with E-state index in [-0.39, 0.29) is 11.4 Å². The molecular weight excluding hydrogens is 236 g/mol. The molecule has 0 spiro atoms. The highest BCUT2D eigenvalue weighted by molar-refractivity contribution is 5.76. The average Bonchev–Trinajstić information content (AvgIpc) is 2.40. The number of hydrogen-bond donors (Lipinski definition) is 2. The van der Waals surface area contributed by atoms with Crippen LogP contribution in [0.25, 0.3) is 0 Å². The molecular formula is C16H34N2O. The van der Waals surface area contributed by atoms with E-state index in [0.717, 1.165) is 32.1 Å². The summed E-state index contributed by atoms with van der Waals surface area (Å²) in [5.74, 6) is 1.37. The predicted octanol–water partition coefficient (Wildman–Crippen LogP) is 3.47. The van der Waals surface area contributed by atoms with Gasteiger partial charge in [0.2, 0.25) is 5.91 Å². The van der Waals surface area contributed by atoms with Crippen molar-refractivity contribution in [2.45, 2.75) is 78.7 Å². The minimum Gasteiger partial charge on any atom is -0.351 e. The van der Waals surface area contributed by atoms with Crippen LogP contribution in [-0.4, -0.2) is 18.0 Å². The molecule has 0 rings (SSSR count). The van der Waals surface area contributed by atoms with Crippen molar-refractivity contribution < 1.29 is 4.79 Å². The summed E-state index contributed by atoms with van der Waals surface area (Å²) in [6.07, 6.45) is 5.61. The Kier molecular flexibility index (Phi) is 9.07. The fraction of sp³-hybridized carbons (Fsp3) is 0.938. The largest absolute Gasteiger partial charge is 0.351 e. The molecule has 0 aromatic rings. The summed E-state index contributed by atoms with van der Waals surface area (Å²) in [6, 6.07) is 0. The molecule has 0 saturated heterocycles. The quantitative estimate of drug-likeness (QED) is 0.638. The van der Waals surface area contributed by atoms with Crippen LogP contribution in [0.2, 0.25) is 0 Å². The van der Waals surface area contributed by atoms with Crippen molar-refractivity contribution in [2.75, 3.05) is 6.54 Å². The molecule has 3 nitrogen and oxygen atoms in total. The van der Waals surface area contributed by atoms with E-state index in [0.29, 0.717) is 24.8 Å². The van der Waals surface area contributed by atoms with Gasteiger partial charge in [-0.25, -0.2) is 0 Å². The first-order valence-electron chi connectivity index (χ1n) is 7.95. The van der Waals surface area contributed by atoms with E-state index in [9.17, 15) is 4.79 Å². The molecule has 0 saturated carbocycles. The Morgan fingerprint density at radius 1 is 1.11 bits per heavy atom. The molecule has 3 heteroatoms. The predicted molar refractivity (Wildman–Crippen MR) is 83.0 cm³/mol. The number of nitrogens with two attached hydrogens (primary N) is 1. The number of carbonyl (C=O) groups excluding carboxylic acids is 1. The van der Waals surface area contributed by atoms with E-state index in [4.69, 9.17) is 5.73 Å². The lowest BCUT2D eigenvalue weighted by molar-refractivity contribution is -0.123. The zero-order chi connectivity index (χ0) is 14.9. The minimum absolute atomic E-state index is 0.00171. The third-order valence-corrected chi connectivity index (χ3v) is 4.66. The zero-order valence-electron chi connectivity index (χ0n) is 13.6. The van der Waals surface area contributed by atoms with Crippen molar-refractivity contribution in [3.05, 3.63) is 0 Å². The van der Waals surface area contributed by atoms with Crippen LogP contribution in [0.15, 0.2) is 0 Å². The lowest BCUT2D eigenvalue weighted by Gasteiger charge is -2.32. The number of carbonyl (C=O) groups is 1. The molecule has 1 atom stereocenters. The lowest BCUT2D eigenvalue weighted by Crippen LogP contribution is -2.47. The fourth-order valence-corrected chi connectivity index (χ4v) is 2.71. The molecule has 0 aromatic heterocycles. The Balaban J connectivity index is 4.30. The number of hydrogen-bond acceptors (Lipinski definition) is 2. The topological polar surface area (TPSA) is 55.1 Å². The third kappa shape index (κ3) is 6.42. The molecule has 0 bridgehead atoms. The third-order valence-electron chi connectivity index (χ3n) is 4.66. The van der Waals surface area contributed by atoms with Gasteiger partial charge in [0.05, 0.1) is 0 Å². The molecule has 0 heterocycles. The Bertz CT molecular complexity index is 239. The van der Waals surface area contributed by atoms with Crippen LogP contribution in [0.1, 0.15) is 73.1 Å². The second-order valence-electron chi connectivity index (χ2n) is 6.01. The van der Waals surface area contributed by atoms with Crippen LogP contribution in [-0.2, 0) is 4.79 Å². The number of nitrogens with one attached hydrogen (secondary N) is 1. The van der Waals surface area contributed by atoms with Crippen molar-refractivity contribution in [3.8, 4) is 0 Å². The summed E-state index contributed by atoms with van der Waals surface area (Å²) in [4.78, 5) is 12.1. The Labute approximate surface area is 119 Å². The fourth-order valence-electron chi connectivity index (χ4n) is 2.71. The molecule has 19 heavy (non-hydrogen) atoms. The first-order valence-corrected chi connectivity index (χ1v) is 7.95. The molecule has 114 valence electrons. The standard InChI is InChI=1S/C16H34N2O/c1-6-16(7-2,8-3)18-15(19)10-9-14(11-12-17)13(4)5/h13-14H,6-12,17H2,1-5H3,(H,18,19). The van der Waals surface area contributed by atoms with Crippen LogP contribution < -0.4 is 11.1 Å². The van der Waals surface area contributed by atoms with Gasteiger partial charge in [-0.3, -0.25) is 4.79 Å². The van der Waals surface area contributed by atoms with Crippen molar-refractivity contribution in [2.24, 2.45) is 17.6 Å². The highest BCUT2D eigenvalue weighted by Gasteiger charge is 2.26. The lowest BCUT2D eigenvalue weighted by atomic mass is 9.87. The molecule has 0 aliphatic rings. The van der Waals surface area contributed by atoms with Crippen molar-refractivity contribution in [3.63, 3.8) is 0 Å². The van der Waals surface area contributed by atoms with Gasteiger partial charge in [-0.1, -0.05) is 34.6 Å². The van der Waals surface area contributed by atoms with Gasteiger partial charge in [0, 0.05) is 12.0 Å². The summed E-state index contributed by atoms with van der Waals surface area (Å²) in [7, 11) is 0. The highest BCUT2D eigenvalue weighted by atomic mass is 16.1. The van der Waals surface area contributed by atoms with E-state index in [1.165, 1.54) is 0 Å². The number of amides is 1. The van der Waals surface area contributed by atoms with Gasteiger partial charge in [0.1, 0.15) is 0 Å². The monoisotopic (exact) mass is 270 g/mol. The molecule has 3 N–H and O–H groups in total. The first kappa shape index (κ1) is 18.4. The van der Waals surface area contributed by atoms with Crippen molar-refractivity contribution >= 4 is 5.91 Å². The van der Waals surface area contributed by atoms with Crippen LogP contribution >= 0.6 is 0 Å². The average molecular weight is 270 g/mol. The maximum atomic E-state index is 12.1. The van der Waals surface area contributed by atoms with Gasteiger partial charge in [-0.05, 0) is 50.5 Å². The molecule has 0 fully saturated rings. The smallest absolute Gasteiger partial charge is 0.220 e. The number of rotatable bonds is 10. The van der Waals surface area contributed by atoms with Crippen molar-refractivity contribution in [1.82, 2.24) is 5.32 Å². The molecule has 1 amide bonds. The summed E-state index contributed by atoms with van der Waals surface area (Å²) in [5.41, 5.74) is 5.64. The molecule has 0 aliphatic carbocycles. The van der Waals surface area contributed by atoms with E-state index in [2.05, 4.69) is 39.9 Å². The van der Waals surface area contributed by atoms with E-state index in [1.54, 1.807) is 0 Å². The maximum Gasteiger partial charge on any atom is 0.220 e. The van der Waals surface area contributed by atoms with Crippen LogP contribution in [0.5, 0.6) is 0 Å². The molecule has 0 radical (unpaired) electrons. The first-order chi connectivity index (χ1) is 8.94. The van der Waals surface area contributed by atoms with Crippen LogP contribution in [0.3, 0.4) is 0 Å².